The molecule has 0 unspecified atom stereocenters. The molecule has 1 aliphatic heterocycles. The number of thiophene rings is 1. The third-order valence-electron chi connectivity index (χ3n) is 4.12. The van der Waals surface area contributed by atoms with Crippen LogP contribution < -0.4 is 9.64 Å². The largest absolute Gasteiger partial charge is 0.478 e. The Kier molecular flexibility index (Phi) is 4.47. The Labute approximate surface area is 139 Å². The fraction of sp³-hybridized carbons (Fsp3) is 0.438. The maximum Gasteiger partial charge on any atom is 0.263 e. The van der Waals surface area contributed by atoms with Crippen molar-refractivity contribution in [2.45, 2.75) is 19.4 Å². The van der Waals surface area contributed by atoms with E-state index in [4.69, 9.17) is 4.74 Å². The zero-order valence-electron chi connectivity index (χ0n) is 13.5. The van der Waals surface area contributed by atoms with E-state index in [2.05, 4.69) is 14.9 Å². The Balaban J connectivity index is 1.70. The van der Waals surface area contributed by atoms with Crippen LogP contribution in [-0.4, -0.2) is 54.1 Å². The van der Waals surface area contributed by atoms with Crippen LogP contribution in [0, 0.1) is 6.92 Å². The lowest BCUT2D eigenvalue weighted by molar-refractivity contribution is 0.0750. The van der Waals surface area contributed by atoms with E-state index in [0.717, 1.165) is 35.1 Å². The molecule has 3 heterocycles. The average molecular weight is 332 g/mol. The minimum atomic E-state index is 0.0843. The summed E-state index contributed by atoms with van der Waals surface area (Å²) in [6, 6.07) is 4.05. The molecule has 0 spiro atoms. The van der Waals surface area contributed by atoms with Gasteiger partial charge in [-0.25, -0.2) is 9.97 Å². The van der Waals surface area contributed by atoms with Gasteiger partial charge in [-0.15, -0.1) is 11.3 Å². The summed E-state index contributed by atoms with van der Waals surface area (Å²) in [5.41, 5.74) is 0. The topological polar surface area (TPSA) is 58.6 Å². The summed E-state index contributed by atoms with van der Waals surface area (Å²) in [5, 5.41) is 0. The van der Waals surface area contributed by atoms with Crippen molar-refractivity contribution in [3.05, 3.63) is 34.3 Å². The van der Waals surface area contributed by atoms with Crippen molar-refractivity contribution in [1.82, 2.24) is 14.9 Å². The Morgan fingerprint density at radius 3 is 2.87 bits per heavy atom. The standard InChI is InChI=1S/C16H20N4O2S/c1-11-4-5-13(23-11)16(21)19(2)12-6-9-20(10-12)14-15(22-3)18-8-7-17-14/h4-5,7-8,12H,6,9-10H2,1-3H3/t12-/m0/s1. The first-order chi connectivity index (χ1) is 11.1. The first kappa shape index (κ1) is 15.7. The fourth-order valence-electron chi connectivity index (χ4n) is 2.82. The molecule has 7 heteroatoms. The first-order valence-electron chi connectivity index (χ1n) is 7.53. The van der Waals surface area contributed by atoms with Gasteiger partial charge in [0.1, 0.15) is 0 Å². The van der Waals surface area contributed by atoms with Crippen LogP contribution in [-0.2, 0) is 0 Å². The van der Waals surface area contributed by atoms with Gasteiger partial charge in [-0.3, -0.25) is 4.79 Å². The lowest BCUT2D eigenvalue weighted by Crippen LogP contribution is -2.38. The molecule has 2 aromatic rings. The molecule has 6 nitrogen and oxygen atoms in total. The smallest absolute Gasteiger partial charge is 0.263 e. The van der Waals surface area contributed by atoms with Gasteiger partial charge in [0.2, 0.25) is 0 Å². The monoisotopic (exact) mass is 332 g/mol. The molecule has 0 saturated carbocycles. The van der Waals surface area contributed by atoms with E-state index in [1.165, 1.54) is 11.3 Å². The van der Waals surface area contributed by atoms with Crippen LogP contribution in [0.1, 0.15) is 21.0 Å². The number of ether oxygens (including phenoxy) is 1. The van der Waals surface area contributed by atoms with E-state index in [1.807, 2.05) is 31.0 Å². The van der Waals surface area contributed by atoms with Crippen molar-refractivity contribution in [2.24, 2.45) is 0 Å². The van der Waals surface area contributed by atoms with Crippen molar-refractivity contribution in [1.29, 1.82) is 0 Å². The van der Waals surface area contributed by atoms with Gasteiger partial charge in [0.05, 0.1) is 18.0 Å². The molecule has 0 aromatic carbocycles. The van der Waals surface area contributed by atoms with Gasteiger partial charge >= 0.3 is 0 Å². The maximum absolute atomic E-state index is 12.6. The van der Waals surface area contributed by atoms with Crippen LogP contribution in [0.2, 0.25) is 0 Å². The van der Waals surface area contributed by atoms with Crippen LogP contribution in [0.4, 0.5) is 5.82 Å². The van der Waals surface area contributed by atoms with E-state index in [1.54, 1.807) is 19.5 Å². The SMILES string of the molecule is COc1nccnc1N1CC[C@H](N(C)C(=O)c2ccc(C)s2)C1. The summed E-state index contributed by atoms with van der Waals surface area (Å²) < 4.78 is 5.28. The van der Waals surface area contributed by atoms with Gasteiger partial charge in [-0.2, -0.15) is 0 Å². The van der Waals surface area contributed by atoms with E-state index in [-0.39, 0.29) is 11.9 Å². The van der Waals surface area contributed by atoms with Crippen molar-refractivity contribution >= 4 is 23.1 Å². The Bertz CT molecular complexity index is 703. The molecule has 1 amide bonds. The fourth-order valence-corrected chi connectivity index (χ4v) is 3.67. The predicted molar refractivity (Wildman–Crippen MR) is 90.4 cm³/mol. The molecule has 0 radical (unpaired) electrons. The molecule has 3 rings (SSSR count). The number of hydrogen-bond donors (Lipinski definition) is 0. The van der Waals surface area contributed by atoms with Gasteiger partial charge in [-0.1, -0.05) is 0 Å². The molecular weight excluding hydrogens is 312 g/mol. The first-order valence-corrected chi connectivity index (χ1v) is 8.35. The molecule has 1 atom stereocenters. The minimum absolute atomic E-state index is 0.0843. The number of anilines is 1. The van der Waals surface area contributed by atoms with Gasteiger partial charge in [-0.05, 0) is 25.5 Å². The number of carbonyl (C=O) groups is 1. The highest BCUT2D eigenvalue weighted by Gasteiger charge is 2.31. The molecule has 0 bridgehead atoms. The quantitative estimate of drug-likeness (QED) is 0.859. The van der Waals surface area contributed by atoms with E-state index in [0.29, 0.717) is 5.88 Å². The third kappa shape index (κ3) is 3.14. The second-order valence-corrected chi connectivity index (χ2v) is 6.89. The number of carbonyl (C=O) groups excluding carboxylic acids is 1. The van der Waals surface area contributed by atoms with E-state index < -0.39 is 0 Å². The second-order valence-electron chi connectivity index (χ2n) is 5.60. The molecule has 23 heavy (non-hydrogen) atoms. The Morgan fingerprint density at radius 2 is 2.17 bits per heavy atom. The van der Waals surface area contributed by atoms with Crippen molar-refractivity contribution in [2.75, 3.05) is 32.1 Å². The summed E-state index contributed by atoms with van der Waals surface area (Å²) in [6.07, 6.45) is 4.19. The average Bonchev–Trinajstić information content (AvgIpc) is 3.22. The number of methoxy groups -OCH3 is 1. The maximum atomic E-state index is 12.6. The highest BCUT2D eigenvalue weighted by Crippen LogP contribution is 2.28. The van der Waals surface area contributed by atoms with Gasteiger partial charge < -0.3 is 14.5 Å². The number of nitrogens with zero attached hydrogens (tertiary/aromatic N) is 4. The molecule has 2 aromatic heterocycles. The lowest BCUT2D eigenvalue weighted by atomic mass is 10.2. The summed E-state index contributed by atoms with van der Waals surface area (Å²) in [6.45, 7) is 3.58. The van der Waals surface area contributed by atoms with Gasteiger partial charge in [0.15, 0.2) is 5.82 Å². The Morgan fingerprint density at radius 1 is 1.39 bits per heavy atom. The molecule has 0 aliphatic carbocycles. The van der Waals surface area contributed by atoms with Crippen molar-refractivity contribution in [3.63, 3.8) is 0 Å². The number of likely N-dealkylation sites (N-methyl/N-ethyl adjacent to an activating group) is 1. The zero-order valence-corrected chi connectivity index (χ0v) is 14.3. The van der Waals surface area contributed by atoms with E-state index >= 15 is 0 Å². The molecule has 1 fully saturated rings. The number of rotatable bonds is 4. The summed E-state index contributed by atoms with van der Waals surface area (Å²) in [7, 11) is 3.47. The summed E-state index contributed by atoms with van der Waals surface area (Å²) in [4.78, 5) is 27.0. The molecule has 1 saturated heterocycles. The molecular formula is C16H20N4O2S. The lowest BCUT2D eigenvalue weighted by Gasteiger charge is -2.25. The third-order valence-corrected chi connectivity index (χ3v) is 5.11. The van der Waals surface area contributed by atoms with Crippen molar-refractivity contribution < 1.29 is 9.53 Å². The number of aryl methyl sites for hydroxylation is 1. The van der Waals surface area contributed by atoms with Crippen molar-refractivity contribution in [3.8, 4) is 5.88 Å². The van der Waals surface area contributed by atoms with Gasteiger partial charge in [0, 0.05) is 37.4 Å². The molecule has 1 aliphatic rings. The second kappa shape index (κ2) is 6.54. The number of hydrogen-bond acceptors (Lipinski definition) is 6. The predicted octanol–water partition coefficient (Wildman–Crippen LogP) is 2.21. The number of aromatic nitrogens is 2. The van der Waals surface area contributed by atoms with Crippen LogP contribution in [0.5, 0.6) is 5.88 Å². The minimum Gasteiger partial charge on any atom is -0.478 e. The number of amides is 1. The van der Waals surface area contributed by atoms with Crippen LogP contribution in [0.25, 0.3) is 0 Å². The molecule has 0 N–H and O–H groups in total. The highest BCUT2D eigenvalue weighted by atomic mass is 32.1. The molecule has 122 valence electrons. The summed E-state index contributed by atoms with van der Waals surface area (Å²) >= 11 is 1.54. The Hall–Kier alpha value is -2.15. The van der Waals surface area contributed by atoms with Crippen LogP contribution >= 0.6 is 11.3 Å². The zero-order chi connectivity index (χ0) is 16.4. The van der Waals surface area contributed by atoms with Gasteiger partial charge in [0.25, 0.3) is 11.8 Å². The van der Waals surface area contributed by atoms with Crippen LogP contribution in [0.3, 0.4) is 0 Å². The van der Waals surface area contributed by atoms with Crippen LogP contribution in [0.15, 0.2) is 24.5 Å². The normalized spacial score (nSPS) is 17.3. The highest BCUT2D eigenvalue weighted by molar-refractivity contribution is 7.13. The summed E-state index contributed by atoms with van der Waals surface area (Å²) in [5.74, 6) is 1.35. The van der Waals surface area contributed by atoms with E-state index in [9.17, 15) is 4.79 Å².